The first-order valence-corrected chi connectivity index (χ1v) is 11.8. The van der Waals surface area contributed by atoms with Gasteiger partial charge in [-0.2, -0.15) is 0 Å². The van der Waals surface area contributed by atoms with Gasteiger partial charge in [-0.25, -0.2) is 0 Å². The highest BCUT2D eigenvalue weighted by atomic mass is 32.1. The van der Waals surface area contributed by atoms with Crippen molar-refractivity contribution in [2.75, 3.05) is 25.1 Å². The predicted molar refractivity (Wildman–Crippen MR) is 139 cm³/mol. The normalized spacial score (nSPS) is 10.3. The number of carbonyl (C=O) groups is 1. The molecule has 0 aliphatic heterocycles. The van der Waals surface area contributed by atoms with Crippen LogP contribution in [0.5, 0.6) is 17.2 Å². The van der Waals surface area contributed by atoms with Gasteiger partial charge in [0.1, 0.15) is 30.5 Å². The molecule has 0 heterocycles. The maximum absolute atomic E-state index is 12.8. The van der Waals surface area contributed by atoms with Crippen LogP contribution in [0.25, 0.3) is 0 Å². The minimum absolute atomic E-state index is 0.169. The minimum Gasteiger partial charge on any atom is -0.493 e. The Balaban J connectivity index is 1.52. The van der Waals surface area contributed by atoms with Crippen LogP contribution in [-0.2, 0) is 0 Å². The number of hydrogen-bond donors (Lipinski definition) is 2. The number of ether oxygens (including phenoxy) is 3. The SMILES string of the molecule is CCCCCOc1ccccc1C(=O)NC(=S)Nc1ccccc1OCCOc1ccccc1. The van der Waals surface area contributed by atoms with Gasteiger partial charge >= 0.3 is 0 Å². The molecule has 34 heavy (non-hydrogen) atoms. The van der Waals surface area contributed by atoms with Crippen molar-refractivity contribution >= 4 is 28.9 Å². The second-order valence-electron chi connectivity index (χ2n) is 7.47. The lowest BCUT2D eigenvalue weighted by molar-refractivity contribution is 0.0973. The van der Waals surface area contributed by atoms with Gasteiger partial charge in [-0.1, -0.05) is 62.2 Å². The largest absolute Gasteiger partial charge is 0.493 e. The molecule has 3 aromatic carbocycles. The molecule has 178 valence electrons. The number of carbonyl (C=O) groups excluding carboxylic acids is 1. The summed E-state index contributed by atoms with van der Waals surface area (Å²) in [5, 5.41) is 5.93. The van der Waals surface area contributed by atoms with Crippen LogP contribution in [0.1, 0.15) is 36.5 Å². The van der Waals surface area contributed by atoms with Crippen LogP contribution in [0.2, 0.25) is 0 Å². The molecule has 0 saturated carbocycles. The van der Waals surface area contributed by atoms with Crippen molar-refractivity contribution in [3.8, 4) is 17.2 Å². The molecular weight excluding hydrogens is 448 g/mol. The molecule has 0 radical (unpaired) electrons. The summed E-state index contributed by atoms with van der Waals surface area (Å²) in [5.74, 6) is 1.60. The number of benzene rings is 3. The molecule has 6 nitrogen and oxygen atoms in total. The van der Waals surface area contributed by atoms with Gasteiger partial charge in [0.25, 0.3) is 5.91 Å². The third-order valence-corrected chi connectivity index (χ3v) is 5.06. The van der Waals surface area contributed by atoms with Gasteiger partial charge in [-0.15, -0.1) is 0 Å². The van der Waals surface area contributed by atoms with Crippen molar-refractivity contribution in [2.45, 2.75) is 26.2 Å². The van der Waals surface area contributed by atoms with Crippen molar-refractivity contribution in [1.29, 1.82) is 0 Å². The Morgan fingerprint density at radius 2 is 1.41 bits per heavy atom. The summed E-state index contributed by atoms with van der Waals surface area (Å²) in [6.45, 7) is 3.46. The standard InChI is InChI=1S/C27H30N2O4S/c1-2-3-11-18-32-24-16-9-7-14-22(24)26(30)29-27(34)28-23-15-8-10-17-25(23)33-20-19-31-21-12-5-4-6-13-21/h4-10,12-17H,2-3,11,18-20H2,1H3,(H2,28,29,30,34). The average molecular weight is 479 g/mol. The summed E-state index contributed by atoms with van der Waals surface area (Å²) in [4.78, 5) is 12.8. The quantitative estimate of drug-likeness (QED) is 0.252. The first kappa shape index (κ1) is 25.1. The Kier molecular flexibility index (Phi) is 10.2. The van der Waals surface area contributed by atoms with Gasteiger partial charge in [-0.05, 0) is 55.0 Å². The zero-order valence-electron chi connectivity index (χ0n) is 19.3. The Morgan fingerprint density at radius 3 is 2.21 bits per heavy atom. The van der Waals surface area contributed by atoms with Crippen LogP contribution in [0.15, 0.2) is 78.9 Å². The molecular formula is C27H30N2O4S. The van der Waals surface area contributed by atoms with Gasteiger partial charge in [0.05, 0.1) is 17.9 Å². The van der Waals surface area contributed by atoms with Crippen LogP contribution in [0.3, 0.4) is 0 Å². The monoisotopic (exact) mass is 478 g/mol. The number of rotatable bonds is 12. The topological polar surface area (TPSA) is 68.8 Å². The molecule has 2 N–H and O–H groups in total. The smallest absolute Gasteiger partial charge is 0.261 e. The summed E-state index contributed by atoms with van der Waals surface area (Å²) in [6, 6.07) is 24.1. The van der Waals surface area contributed by atoms with Gasteiger partial charge in [0.2, 0.25) is 0 Å². The molecule has 0 aliphatic rings. The van der Waals surface area contributed by atoms with E-state index in [9.17, 15) is 4.79 Å². The van der Waals surface area contributed by atoms with Crippen molar-refractivity contribution in [2.24, 2.45) is 0 Å². The molecule has 1 amide bonds. The molecule has 7 heteroatoms. The molecule has 0 aliphatic carbocycles. The highest BCUT2D eigenvalue weighted by Crippen LogP contribution is 2.24. The first-order valence-electron chi connectivity index (χ1n) is 11.4. The molecule has 0 unspecified atom stereocenters. The lowest BCUT2D eigenvalue weighted by Gasteiger charge is -2.15. The second kappa shape index (κ2) is 13.9. The van der Waals surface area contributed by atoms with Crippen molar-refractivity contribution < 1.29 is 19.0 Å². The van der Waals surface area contributed by atoms with Crippen molar-refractivity contribution in [1.82, 2.24) is 5.32 Å². The van der Waals surface area contributed by atoms with Gasteiger partial charge in [-0.3, -0.25) is 10.1 Å². The Morgan fingerprint density at radius 1 is 0.765 bits per heavy atom. The Bertz CT molecular complexity index is 1060. The number of nitrogens with one attached hydrogen (secondary N) is 2. The predicted octanol–water partition coefficient (Wildman–Crippen LogP) is 5.84. The summed E-state index contributed by atoms with van der Waals surface area (Å²) in [6.07, 6.45) is 3.14. The maximum atomic E-state index is 12.8. The Hall–Kier alpha value is -3.58. The van der Waals surface area contributed by atoms with E-state index in [-0.39, 0.29) is 11.0 Å². The van der Waals surface area contributed by atoms with Gasteiger partial charge < -0.3 is 19.5 Å². The van der Waals surface area contributed by atoms with Crippen LogP contribution in [0, 0.1) is 0 Å². The summed E-state index contributed by atoms with van der Waals surface area (Å²) in [5.41, 5.74) is 1.09. The zero-order valence-corrected chi connectivity index (χ0v) is 20.1. The second-order valence-corrected chi connectivity index (χ2v) is 7.87. The van der Waals surface area contributed by atoms with Gasteiger partial charge in [0.15, 0.2) is 5.11 Å². The Labute approximate surface area is 206 Å². The maximum Gasteiger partial charge on any atom is 0.261 e. The number of para-hydroxylation sites is 4. The summed E-state index contributed by atoms with van der Waals surface area (Å²) in [7, 11) is 0. The number of thiocarbonyl (C=S) groups is 1. The fraction of sp³-hybridized carbons (Fsp3) is 0.259. The van der Waals surface area contributed by atoms with E-state index in [2.05, 4.69) is 17.6 Å². The zero-order chi connectivity index (χ0) is 24.0. The number of hydrogen-bond acceptors (Lipinski definition) is 5. The van der Waals surface area contributed by atoms with Crippen LogP contribution in [0.4, 0.5) is 5.69 Å². The highest BCUT2D eigenvalue weighted by Gasteiger charge is 2.14. The lowest BCUT2D eigenvalue weighted by atomic mass is 10.2. The minimum atomic E-state index is -0.335. The van der Waals surface area contributed by atoms with E-state index in [0.29, 0.717) is 42.6 Å². The summed E-state index contributed by atoms with van der Waals surface area (Å²) >= 11 is 5.37. The lowest BCUT2D eigenvalue weighted by Crippen LogP contribution is -2.34. The molecule has 0 atom stereocenters. The summed E-state index contributed by atoms with van der Waals surface area (Å²) < 4.78 is 17.3. The third kappa shape index (κ3) is 8.08. The number of unbranched alkanes of at least 4 members (excludes halogenated alkanes) is 2. The average Bonchev–Trinajstić information content (AvgIpc) is 2.86. The van der Waals surface area contributed by atoms with E-state index in [1.807, 2.05) is 60.7 Å². The molecule has 0 fully saturated rings. The molecule has 3 aromatic rings. The fourth-order valence-corrected chi connectivity index (χ4v) is 3.36. The molecule has 0 saturated heterocycles. The van der Waals surface area contributed by atoms with Crippen LogP contribution >= 0.6 is 12.2 Å². The van der Waals surface area contributed by atoms with E-state index in [1.165, 1.54) is 0 Å². The fourth-order valence-electron chi connectivity index (χ4n) is 3.16. The van der Waals surface area contributed by atoms with Crippen LogP contribution < -0.4 is 24.8 Å². The van der Waals surface area contributed by atoms with E-state index < -0.39 is 0 Å². The van der Waals surface area contributed by atoms with Crippen molar-refractivity contribution in [3.63, 3.8) is 0 Å². The van der Waals surface area contributed by atoms with E-state index in [4.69, 9.17) is 26.4 Å². The molecule has 0 aromatic heterocycles. The first-order chi connectivity index (χ1) is 16.7. The number of amides is 1. The van der Waals surface area contributed by atoms with Crippen LogP contribution in [-0.4, -0.2) is 30.8 Å². The number of anilines is 1. The molecule has 0 spiro atoms. The molecule has 3 rings (SSSR count). The third-order valence-electron chi connectivity index (χ3n) is 4.85. The van der Waals surface area contributed by atoms with Gasteiger partial charge in [0, 0.05) is 0 Å². The van der Waals surface area contributed by atoms with E-state index in [0.717, 1.165) is 25.0 Å². The van der Waals surface area contributed by atoms with E-state index in [1.54, 1.807) is 18.2 Å². The molecule has 0 bridgehead atoms. The van der Waals surface area contributed by atoms with E-state index >= 15 is 0 Å². The highest BCUT2D eigenvalue weighted by molar-refractivity contribution is 7.80. The van der Waals surface area contributed by atoms with Crippen molar-refractivity contribution in [3.05, 3.63) is 84.4 Å².